The Bertz CT molecular complexity index is 1120. The van der Waals surface area contributed by atoms with Crippen LogP contribution in [0.25, 0.3) is 0 Å². The van der Waals surface area contributed by atoms with Gasteiger partial charge in [0.2, 0.25) is 0 Å². The summed E-state index contributed by atoms with van der Waals surface area (Å²) in [6.07, 6.45) is 6.70. The van der Waals surface area contributed by atoms with E-state index in [0.29, 0.717) is 31.2 Å². The predicted molar refractivity (Wildman–Crippen MR) is 101 cm³/mol. The number of aryl methyl sites for hydroxylation is 2. The van der Waals surface area contributed by atoms with Crippen molar-refractivity contribution in [3.63, 3.8) is 0 Å². The van der Waals surface area contributed by atoms with Crippen LogP contribution in [0.15, 0.2) is 34.4 Å². The van der Waals surface area contributed by atoms with Crippen molar-refractivity contribution in [2.75, 3.05) is 10.6 Å². The summed E-state index contributed by atoms with van der Waals surface area (Å²) in [6, 6.07) is 0.665. The quantitative estimate of drug-likeness (QED) is 0.543. The van der Waals surface area contributed by atoms with Crippen molar-refractivity contribution < 1.29 is 4.79 Å². The zero-order chi connectivity index (χ0) is 20.4. The van der Waals surface area contributed by atoms with Gasteiger partial charge in [-0.3, -0.25) is 23.9 Å². The van der Waals surface area contributed by atoms with Crippen LogP contribution in [0.4, 0.5) is 16.3 Å². The first kappa shape index (κ1) is 18.6. The van der Waals surface area contributed by atoms with Gasteiger partial charge in [-0.25, -0.2) is 14.3 Å². The summed E-state index contributed by atoms with van der Waals surface area (Å²) in [5.41, 5.74) is -0.410. The third kappa shape index (κ3) is 4.39. The molecule has 0 unspecified atom stereocenters. The number of nitrogens with zero attached hydrogens (tertiary/aromatic N) is 8. The molecule has 0 aliphatic heterocycles. The van der Waals surface area contributed by atoms with E-state index in [2.05, 4.69) is 31.3 Å². The summed E-state index contributed by atoms with van der Waals surface area (Å²) in [5.74, 6) is 0.510. The summed E-state index contributed by atoms with van der Waals surface area (Å²) in [7, 11) is 1.51. The standard InChI is InChI=1S/C16H20N10O3/c1-23-13(6-14(27)26(16(23)29)8-11-2-3-11)20-15(28)19-12-7-18-24(9-12)4-5-25-10-17-21-22-25/h6-7,9-11H,2-5,8H2,1H3,(H2,19,20,28). The lowest BCUT2D eigenvalue weighted by Crippen LogP contribution is -2.40. The van der Waals surface area contributed by atoms with Crippen molar-refractivity contribution in [1.82, 2.24) is 39.1 Å². The molecular formula is C16H20N10O3. The van der Waals surface area contributed by atoms with E-state index >= 15 is 0 Å². The molecule has 4 rings (SSSR count). The van der Waals surface area contributed by atoms with E-state index in [1.165, 1.54) is 34.8 Å². The fourth-order valence-corrected chi connectivity index (χ4v) is 2.83. The molecule has 1 aliphatic rings. The van der Waals surface area contributed by atoms with Gasteiger partial charge in [0.1, 0.15) is 12.1 Å². The van der Waals surface area contributed by atoms with E-state index < -0.39 is 17.3 Å². The van der Waals surface area contributed by atoms with Crippen LogP contribution in [0.1, 0.15) is 12.8 Å². The second-order valence-corrected chi connectivity index (χ2v) is 6.91. The van der Waals surface area contributed by atoms with Crippen LogP contribution >= 0.6 is 0 Å². The molecule has 0 bridgehead atoms. The first-order chi connectivity index (χ1) is 14.0. The first-order valence-electron chi connectivity index (χ1n) is 9.11. The van der Waals surface area contributed by atoms with Gasteiger partial charge in [0.25, 0.3) is 5.56 Å². The Hall–Kier alpha value is -3.77. The molecule has 3 heterocycles. The van der Waals surface area contributed by atoms with Gasteiger partial charge in [0.05, 0.1) is 25.0 Å². The highest BCUT2D eigenvalue weighted by molar-refractivity contribution is 5.98. The number of carbonyl (C=O) groups excluding carboxylic acids is 1. The Balaban J connectivity index is 1.38. The van der Waals surface area contributed by atoms with Crippen LogP contribution in [-0.2, 0) is 26.7 Å². The van der Waals surface area contributed by atoms with Crippen LogP contribution in [0, 0.1) is 5.92 Å². The first-order valence-corrected chi connectivity index (χ1v) is 9.11. The number of carbonyl (C=O) groups is 1. The van der Waals surface area contributed by atoms with Gasteiger partial charge < -0.3 is 5.32 Å². The number of hydrogen-bond acceptors (Lipinski definition) is 7. The van der Waals surface area contributed by atoms with Crippen LogP contribution in [0.2, 0.25) is 0 Å². The molecule has 152 valence electrons. The van der Waals surface area contributed by atoms with Crippen molar-refractivity contribution in [2.45, 2.75) is 32.5 Å². The molecule has 1 saturated carbocycles. The van der Waals surface area contributed by atoms with E-state index in [1.54, 1.807) is 15.6 Å². The van der Waals surface area contributed by atoms with E-state index in [-0.39, 0.29) is 5.82 Å². The molecule has 3 aromatic heterocycles. The molecule has 0 atom stereocenters. The Morgan fingerprint density at radius 3 is 2.72 bits per heavy atom. The molecule has 2 N–H and O–H groups in total. The summed E-state index contributed by atoms with van der Waals surface area (Å²) in [4.78, 5) is 36.9. The second kappa shape index (κ2) is 7.69. The fourth-order valence-electron chi connectivity index (χ4n) is 2.83. The summed E-state index contributed by atoms with van der Waals surface area (Å²) in [5, 5.41) is 20.2. The third-order valence-corrected chi connectivity index (χ3v) is 4.63. The van der Waals surface area contributed by atoms with Crippen molar-refractivity contribution in [1.29, 1.82) is 0 Å². The van der Waals surface area contributed by atoms with Gasteiger partial charge in [-0.15, -0.1) is 5.10 Å². The molecule has 0 radical (unpaired) electrons. The van der Waals surface area contributed by atoms with Gasteiger partial charge in [-0.2, -0.15) is 5.10 Å². The van der Waals surface area contributed by atoms with Crippen molar-refractivity contribution >= 4 is 17.5 Å². The molecule has 13 heteroatoms. The van der Waals surface area contributed by atoms with Crippen molar-refractivity contribution in [2.24, 2.45) is 13.0 Å². The van der Waals surface area contributed by atoms with Crippen LogP contribution in [0.5, 0.6) is 0 Å². The average Bonchev–Trinajstić information content (AvgIpc) is 3.15. The Labute approximate surface area is 163 Å². The molecule has 29 heavy (non-hydrogen) atoms. The lowest BCUT2D eigenvalue weighted by molar-refractivity contribution is 0.262. The van der Waals surface area contributed by atoms with E-state index in [0.717, 1.165) is 12.8 Å². The van der Waals surface area contributed by atoms with E-state index in [1.807, 2.05) is 0 Å². The monoisotopic (exact) mass is 400 g/mol. The second-order valence-electron chi connectivity index (χ2n) is 6.91. The number of nitrogens with one attached hydrogen (secondary N) is 2. The number of rotatable bonds is 7. The van der Waals surface area contributed by atoms with E-state index in [4.69, 9.17) is 0 Å². The van der Waals surface area contributed by atoms with Gasteiger partial charge in [0, 0.05) is 25.9 Å². The molecule has 0 saturated heterocycles. The highest BCUT2D eigenvalue weighted by Gasteiger charge is 2.24. The number of anilines is 2. The van der Waals surface area contributed by atoms with Gasteiger partial charge in [0.15, 0.2) is 0 Å². The summed E-state index contributed by atoms with van der Waals surface area (Å²) < 4.78 is 5.65. The number of hydrogen-bond donors (Lipinski definition) is 2. The predicted octanol–water partition coefficient (Wildman–Crippen LogP) is -0.516. The summed E-state index contributed by atoms with van der Waals surface area (Å²) in [6.45, 7) is 1.46. The fraction of sp³-hybridized carbons (Fsp3) is 0.438. The number of amides is 2. The van der Waals surface area contributed by atoms with Gasteiger partial charge in [-0.05, 0) is 29.2 Å². The van der Waals surface area contributed by atoms with E-state index in [9.17, 15) is 14.4 Å². The lowest BCUT2D eigenvalue weighted by Gasteiger charge is -2.12. The van der Waals surface area contributed by atoms with Crippen LogP contribution in [-0.4, -0.2) is 45.2 Å². The maximum absolute atomic E-state index is 12.4. The van der Waals surface area contributed by atoms with Crippen LogP contribution < -0.4 is 21.9 Å². The normalized spacial score (nSPS) is 13.4. The maximum Gasteiger partial charge on any atom is 0.332 e. The highest BCUT2D eigenvalue weighted by atomic mass is 16.2. The van der Waals surface area contributed by atoms with Crippen molar-refractivity contribution in [3.05, 3.63) is 45.6 Å². The highest BCUT2D eigenvalue weighted by Crippen LogP contribution is 2.29. The van der Waals surface area contributed by atoms with Crippen LogP contribution in [0.3, 0.4) is 0 Å². The van der Waals surface area contributed by atoms with Gasteiger partial charge >= 0.3 is 11.7 Å². The molecule has 13 nitrogen and oxygen atoms in total. The Kier molecular flexibility index (Phi) is 4.93. The zero-order valence-electron chi connectivity index (χ0n) is 15.7. The summed E-state index contributed by atoms with van der Waals surface area (Å²) >= 11 is 0. The number of aromatic nitrogens is 8. The number of urea groups is 1. The largest absolute Gasteiger partial charge is 0.332 e. The molecular weight excluding hydrogens is 380 g/mol. The maximum atomic E-state index is 12.4. The Morgan fingerprint density at radius 1 is 1.21 bits per heavy atom. The Morgan fingerprint density at radius 2 is 2.00 bits per heavy atom. The third-order valence-electron chi connectivity index (χ3n) is 4.63. The minimum atomic E-state index is -0.584. The molecule has 1 fully saturated rings. The minimum absolute atomic E-state index is 0.121. The molecule has 0 spiro atoms. The van der Waals surface area contributed by atoms with Gasteiger partial charge in [-0.1, -0.05) is 0 Å². The smallest absolute Gasteiger partial charge is 0.305 e. The molecule has 1 aliphatic carbocycles. The van der Waals surface area contributed by atoms with Crippen molar-refractivity contribution in [3.8, 4) is 0 Å². The minimum Gasteiger partial charge on any atom is -0.305 e. The molecule has 3 aromatic rings. The molecule has 0 aromatic carbocycles. The SMILES string of the molecule is Cn1c(NC(=O)Nc2cnn(CCn3cnnn3)c2)cc(=O)n(CC2CC2)c1=O. The topological polar surface area (TPSA) is 147 Å². The zero-order valence-corrected chi connectivity index (χ0v) is 15.7. The number of tetrazole rings is 1. The lowest BCUT2D eigenvalue weighted by atomic mass is 10.4. The average molecular weight is 400 g/mol. The molecule has 2 amide bonds.